The molecule has 0 fully saturated rings. The van der Waals surface area contributed by atoms with Crippen molar-refractivity contribution in [3.8, 4) is 28.3 Å². The minimum absolute atomic E-state index is 0.0107. The smallest absolute Gasteiger partial charge is 0.316 e. The van der Waals surface area contributed by atoms with E-state index in [9.17, 15) is 9.90 Å². The number of aliphatic hydroxyl groups excluding tert-OH is 1. The zero-order valence-corrected chi connectivity index (χ0v) is 16.6. The summed E-state index contributed by atoms with van der Waals surface area (Å²) in [4.78, 5) is 12.9. The lowest BCUT2D eigenvalue weighted by Crippen LogP contribution is -2.23. The Morgan fingerprint density at radius 3 is 2.40 bits per heavy atom. The molecule has 0 bridgehead atoms. The van der Waals surface area contributed by atoms with E-state index >= 15 is 0 Å². The van der Waals surface area contributed by atoms with Crippen LogP contribution in [0.3, 0.4) is 0 Å². The highest BCUT2D eigenvalue weighted by Crippen LogP contribution is 2.28. The van der Waals surface area contributed by atoms with Gasteiger partial charge in [-0.15, -0.1) is 0 Å². The van der Waals surface area contributed by atoms with Crippen LogP contribution in [0.1, 0.15) is 5.56 Å². The molecule has 6 nitrogen and oxygen atoms in total. The van der Waals surface area contributed by atoms with Gasteiger partial charge in [0.1, 0.15) is 11.4 Å². The molecule has 0 aliphatic carbocycles. The molecule has 150 valence electrons. The van der Waals surface area contributed by atoms with Gasteiger partial charge in [-0.05, 0) is 53.1 Å². The number of aliphatic hydroxyl groups is 1. The first-order chi connectivity index (χ1) is 14.6. The van der Waals surface area contributed by atoms with Crippen molar-refractivity contribution in [3.05, 3.63) is 99.9 Å². The Morgan fingerprint density at radius 2 is 1.70 bits per heavy atom. The summed E-state index contributed by atoms with van der Waals surface area (Å²) in [5.74, 6) is 0.446. The fourth-order valence-electron chi connectivity index (χ4n) is 3.08. The molecule has 0 radical (unpaired) electrons. The van der Waals surface area contributed by atoms with Crippen molar-refractivity contribution in [1.29, 1.82) is 0 Å². The van der Waals surface area contributed by atoms with Gasteiger partial charge in [-0.3, -0.25) is 4.79 Å². The summed E-state index contributed by atoms with van der Waals surface area (Å²) >= 11 is 5.91. The molecule has 0 aliphatic rings. The van der Waals surface area contributed by atoms with Crippen LogP contribution in [0.5, 0.6) is 11.5 Å². The van der Waals surface area contributed by atoms with Crippen molar-refractivity contribution in [2.24, 2.45) is 0 Å². The molecule has 4 aromatic rings. The van der Waals surface area contributed by atoms with Crippen molar-refractivity contribution in [2.45, 2.75) is 6.61 Å². The van der Waals surface area contributed by atoms with Crippen molar-refractivity contribution in [3.63, 3.8) is 0 Å². The Labute approximate surface area is 177 Å². The molecule has 7 heteroatoms. The number of benzene rings is 3. The second-order valence-corrected chi connectivity index (χ2v) is 7.00. The molecule has 3 aromatic carbocycles. The zero-order chi connectivity index (χ0) is 21.1. The van der Waals surface area contributed by atoms with Gasteiger partial charge in [0.25, 0.3) is 0 Å². The van der Waals surface area contributed by atoms with Crippen molar-refractivity contribution < 1.29 is 9.84 Å². The van der Waals surface area contributed by atoms with E-state index in [1.807, 2.05) is 36.4 Å². The molecule has 0 aliphatic heterocycles. The van der Waals surface area contributed by atoms with Gasteiger partial charge in [-0.1, -0.05) is 48.0 Å². The van der Waals surface area contributed by atoms with Crippen LogP contribution >= 0.6 is 11.6 Å². The van der Waals surface area contributed by atoms with Gasteiger partial charge in [-0.25, -0.2) is 0 Å². The first kappa shape index (κ1) is 19.7. The number of nitrogens with zero attached hydrogens (tertiary/aromatic N) is 2. The Hall–Kier alpha value is -3.61. The predicted octanol–water partition coefficient (Wildman–Crippen LogP) is 4.42. The average molecular weight is 420 g/mol. The van der Waals surface area contributed by atoms with Crippen LogP contribution in [0.15, 0.2) is 83.8 Å². The fourth-order valence-corrected chi connectivity index (χ4v) is 3.21. The van der Waals surface area contributed by atoms with Gasteiger partial charge in [-0.2, -0.15) is 9.78 Å². The Morgan fingerprint density at radius 1 is 1.00 bits per heavy atom. The van der Waals surface area contributed by atoms with E-state index in [0.717, 1.165) is 16.7 Å². The molecule has 30 heavy (non-hydrogen) atoms. The minimum Gasteiger partial charge on any atom is -0.449 e. The van der Waals surface area contributed by atoms with Gasteiger partial charge >= 0.3 is 5.56 Å². The summed E-state index contributed by atoms with van der Waals surface area (Å²) in [6.45, 7) is -0.0494. The molecule has 0 saturated carbocycles. The lowest BCUT2D eigenvalue weighted by molar-refractivity contribution is 0.282. The second kappa shape index (κ2) is 8.41. The Balaban J connectivity index is 1.65. The van der Waals surface area contributed by atoms with Gasteiger partial charge in [0.05, 0.1) is 18.5 Å². The topological polar surface area (TPSA) is 90.4 Å². The molecule has 0 atom stereocenters. The van der Waals surface area contributed by atoms with E-state index in [0.29, 0.717) is 16.5 Å². The number of halogens is 1. The number of aromatic nitrogens is 2. The molecular formula is C23H18ClN3O3. The van der Waals surface area contributed by atoms with Gasteiger partial charge in [0.2, 0.25) is 5.75 Å². The summed E-state index contributed by atoms with van der Waals surface area (Å²) in [6, 6.07) is 21.5. The highest BCUT2D eigenvalue weighted by atomic mass is 35.5. The van der Waals surface area contributed by atoms with Crippen LogP contribution in [0.2, 0.25) is 5.02 Å². The Bertz CT molecular complexity index is 1240. The highest BCUT2D eigenvalue weighted by Gasteiger charge is 2.14. The van der Waals surface area contributed by atoms with Crippen molar-refractivity contribution >= 4 is 17.3 Å². The molecule has 0 spiro atoms. The van der Waals surface area contributed by atoms with E-state index in [-0.39, 0.29) is 18.0 Å². The summed E-state index contributed by atoms with van der Waals surface area (Å²) in [6.07, 6.45) is 1.37. The molecule has 3 N–H and O–H groups in total. The third-order valence-corrected chi connectivity index (χ3v) is 4.86. The SMILES string of the molecule is Nc1cnn(-c2ccc(Cl)cc2)c(=O)c1Oc1ccc(-c2ccccc2CO)cc1. The van der Waals surface area contributed by atoms with E-state index in [1.54, 1.807) is 36.4 Å². The largest absolute Gasteiger partial charge is 0.449 e. The first-order valence-electron chi connectivity index (χ1n) is 9.17. The maximum absolute atomic E-state index is 12.9. The van der Waals surface area contributed by atoms with Crippen LogP contribution < -0.4 is 16.0 Å². The van der Waals surface area contributed by atoms with Crippen LogP contribution in [0.4, 0.5) is 5.69 Å². The van der Waals surface area contributed by atoms with E-state index in [2.05, 4.69) is 5.10 Å². The highest BCUT2D eigenvalue weighted by molar-refractivity contribution is 6.30. The maximum Gasteiger partial charge on any atom is 0.316 e. The predicted molar refractivity (Wildman–Crippen MR) is 117 cm³/mol. The minimum atomic E-state index is -0.480. The number of anilines is 1. The number of hydrogen-bond acceptors (Lipinski definition) is 5. The molecule has 1 aromatic heterocycles. The van der Waals surface area contributed by atoms with Gasteiger partial charge in [0, 0.05) is 5.02 Å². The molecule has 0 saturated heterocycles. The third kappa shape index (κ3) is 3.91. The number of ether oxygens (including phenoxy) is 1. The lowest BCUT2D eigenvalue weighted by Gasteiger charge is -2.12. The van der Waals surface area contributed by atoms with Gasteiger partial charge in [0.15, 0.2) is 0 Å². The van der Waals surface area contributed by atoms with E-state index in [1.165, 1.54) is 10.9 Å². The molecular weight excluding hydrogens is 402 g/mol. The standard InChI is InChI=1S/C23H18ClN3O3/c24-17-7-9-18(10-8-17)27-23(29)22(21(25)13-26-27)30-19-11-5-15(6-12-19)20-4-2-1-3-16(20)14-28/h1-13,28H,14,25H2. The van der Waals surface area contributed by atoms with Crippen LogP contribution in [-0.4, -0.2) is 14.9 Å². The van der Waals surface area contributed by atoms with E-state index < -0.39 is 5.56 Å². The first-order valence-corrected chi connectivity index (χ1v) is 9.55. The number of nitrogen functional groups attached to an aromatic ring is 1. The van der Waals surface area contributed by atoms with Crippen molar-refractivity contribution in [1.82, 2.24) is 9.78 Å². The van der Waals surface area contributed by atoms with E-state index in [4.69, 9.17) is 22.1 Å². The summed E-state index contributed by atoms with van der Waals surface area (Å²) < 4.78 is 7.00. The molecule has 1 heterocycles. The second-order valence-electron chi connectivity index (χ2n) is 6.56. The summed E-state index contributed by atoms with van der Waals surface area (Å²) in [7, 11) is 0. The van der Waals surface area contributed by atoms with Gasteiger partial charge < -0.3 is 15.6 Å². The molecule has 0 amide bonds. The van der Waals surface area contributed by atoms with Crippen LogP contribution in [-0.2, 0) is 6.61 Å². The number of rotatable bonds is 5. The Kier molecular flexibility index (Phi) is 5.52. The fraction of sp³-hybridized carbons (Fsp3) is 0.0435. The van der Waals surface area contributed by atoms with Crippen LogP contribution in [0.25, 0.3) is 16.8 Å². The summed E-state index contributed by atoms with van der Waals surface area (Å²) in [5, 5.41) is 14.2. The van der Waals surface area contributed by atoms with Crippen LogP contribution in [0, 0.1) is 0 Å². The maximum atomic E-state index is 12.9. The monoisotopic (exact) mass is 419 g/mol. The lowest BCUT2D eigenvalue weighted by atomic mass is 10.0. The quantitative estimate of drug-likeness (QED) is 0.499. The molecule has 0 unspecified atom stereocenters. The summed E-state index contributed by atoms with van der Waals surface area (Å²) in [5.41, 5.74) is 8.84. The average Bonchev–Trinajstić information content (AvgIpc) is 2.78. The molecule has 4 rings (SSSR count). The third-order valence-electron chi connectivity index (χ3n) is 4.61. The zero-order valence-electron chi connectivity index (χ0n) is 15.8. The van der Waals surface area contributed by atoms with Crippen molar-refractivity contribution in [2.75, 3.05) is 5.73 Å². The normalized spacial score (nSPS) is 10.7. The number of hydrogen-bond donors (Lipinski definition) is 2. The number of nitrogens with two attached hydrogens (primary N) is 1.